The number of nitrogens with zero attached hydrogens (tertiary/aromatic N) is 2. The van der Waals surface area contributed by atoms with Gasteiger partial charge in [-0.2, -0.15) is 0 Å². The molecular formula is C11H15N3O2. The predicted octanol–water partition coefficient (Wildman–Crippen LogP) is 1.35. The third-order valence-electron chi connectivity index (χ3n) is 2.86. The summed E-state index contributed by atoms with van der Waals surface area (Å²) < 4.78 is 0. The number of aromatic nitrogens is 1. The van der Waals surface area contributed by atoms with E-state index in [-0.39, 0.29) is 11.3 Å². The van der Waals surface area contributed by atoms with E-state index in [1.807, 2.05) is 0 Å². The Labute approximate surface area is 93.9 Å². The van der Waals surface area contributed by atoms with Crippen LogP contribution in [0.2, 0.25) is 0 Å². The molecule has 3 N–H and O–H groups in total. The number of nitrogens with two attached hydrogens (primary N) is 1. The van der Waals surface area contributed by atoms with Crippen LogP contribution >= 0.6 is 0 Å². The average molecular weight is 221 g/mol. The second-order valence-corrected chi connectivity index (χ2v) is 3.95. The molecule has 0 aromatic carbocycles. The molecule has 1 aromatic heterocycles. The van der Waals surface area contributed by atoms with Gasteiger partial charge in [-0.25, -0.2) is 9.78 Å². The molecule has 5 heteroatoms. The first-order valence-electron chi connectivity index (χ1n) is 5.43. The Morgan fingerprint density at radius 2 is 2.06 bits per heavy atom. The lowest BCUT2D eigenvalue weighted by atomic mass is 10.1. The number of carboxylic acid groups (broad SMARTS) is 1. The van der Waals surface area contributed by atoms with Crippen LogP contribution in [0.3, 0.4) is 0 Å². The highest BCUT2D eigenvalue weighted by atomic mass is 16.4. The molecule has 1 fully saturated rings. The van der Waals surface area contributed by atoms with Crippen LogP contribution in [0.5, 0.6) is 0 Å². The van der Waals surface area contributed by atoms with E-state index >= 15 is 0 Å². The third kappa shape index (κ3) is 1.93. The number of aromatic carboxylic acids is 1. The van der Waals surface area contributed by atoms with Crippen molar-refractivity contribution in [2.45, 2.75) is 19.3 Å². The molecular weight excluding hydrogens is 206 g/mol. The Morgan fingerprint density at radius 3 is 2.69 bits per heavy atom. The first-order chi connectivity index (χ1) is 7.70. The van der Waals surface area contributed by atoms with Gasteiger partial charge in [0.15, 0.2) is 5.82 Å². The first-order valence-corrected chi connectivity index (χ1v) is 5.43. The summed E-state index contributed by atoms with van der Waals surface area (Å²) in [6, 6.07) is 1.44. The Bertz CT molecular complexity index is 400. The maximum Gasteiger partial charge on any atom is 0.337 e. The molecule has 5 nitrogen and oxygen atoms in total. The largest absolute Gasteiger partial charge is 0.478 e. The van der Waals surface area contributed by atoms with Gasteiger partial charge in [0, 0.05) is 19.3 Å². The van der Waals surface area contributed by atoms with Crippen molar-refractivity contribution >= 4 is 17.5 Å². The summed E-state index contributed by atoms with van der Waals surface area (Å²) >= 11 is 0. The lowest BCUT2D eigenvalue weighted by molar-refractivity contribution is 0.0698. The van der Waals surface area contributed by atoms with Crippen LogP contribution in [-0.2, 0) is 0 Å². The van der Waals surface area contributed by atoms with Crippen molar-refractivity contribution in [1.82, 2.24) is 4.98 Å². The zero-order valence-corrected chi connectivity index (χ0v) is 9.02. The van der Waals surface area contributed by atoms with E-state index in [0.717, 1.165) is 25.9 Å². The number of hydrogen-bond donors (Lipinski definition) is 2. The van der Waals surface area contributed by atoms with Crippen LogP contribution in [0.1, 0.15) is 29.6 Å². The van der Waals surface area contributed by atoms with Crippen LogP contribution in [0.4, 0.5) is 11.5 Å². The number of nitrogen functional groups attached to an aromatic ring is 1. The van der Waals surface area contributed by atoms with Gasteiger partial charge in [0.05, 0.1) is 11.3 Å². The van der Waals surface area contributed by atoms with Crippen molar-refractivity contribution in [1.29, 1.82) is 0 Å². The monoisotopic (exact) mass is 221 g/mol. The van der Waals surface area contributed by atoms with Crippen molar-refractivity contribution < 1.29 is 9.90 Å². The molecule has 0 radical (unpaired) electrons. The second-order valence-electron chi connectivity index (χ2n) is 3.95. The van der Waals surface area contributed by atoms with E-state index in [2.05, 4.69) is 9.88 Å². The van der Waals surface area contributed by atoms with Crippen molar-refractivity contribution in [2.24, 2.45) is 0 Å². The van der Waals surface area contributed by atoms with Crippen molar-refractivity contribution in [3.8, 4) is 0 Å². The molecule has 2 heterocycles. The summed E-state index contributed by atoms with van der Waals surface area (Å²) in [6.07, 6.45) is 4.94. The minimum Gasteiger partial charge on any atom is -0.478 e. The van der Waals surface area contributed by atoms with Gasteiger partial charge < -0.3 is 15.7 Å². The second kappa shape index (κ2) is 4.38. The summed E-state index contributed by atoms with van der Waals surface area (Å²) in [6.45, 7) is 1.81. The zero-order valence-electron chi connectivity index (χ0n) is 9.02. The Morgan fingerprint density at radius 1 is 1.38 bits per heavy atom. The van der Waals surface area contributed by atoms with Gasteiger partial charge in [-0.1, -0.05) is 0 Å². The van der Waals surface area contributed by atoms with Crippen molar-refractivity contribution in [3.63, 3.8) is 0 Å². The minimum atomic E-state index is -1.00. The van der Waals surface area contributed by atoms with Gasteiger partial charge >= 0.3 is 5.97 Å². The fraction of sp³-hybridized carbons (Fsp3) is 0.455. The normalized spacial score (nSPS) is 16.1. The molecule has 0 amide bonds. The van der Waals surface area contributed by atoms with E-state index < -0.39 is 5.97 Å². The van der Waals surface area contributed by atoms with Crippen LogP contribution < -0.4 is 10.6 Å². The minimum absolute atomic E-state index is 0.135. The van der Waals surface area contributed by atoms with Crippen LogP contribution in [-0.4, -0.2) is 29.1 Å². The summed E-state index contributed by atoms with van der Waals surface area (Å²) in [5.74, 6) is -0.391. The number of hydrogen-bond acceptors (Lipinski definition) is 4. The van der Waals surface area contributed by atoms with Gasteiger partial charge in [-0.3, -0.25) is 0 Å². The highest BCUT2D eigenvalue weighted by Gasteiger charge is 2.18. The summed E-state index contributed by atoms with van der Waals surface area (Å²) in [7, 11) is 0. The smallest absolute Gasteiger partial charge is 0.337 e. The standard InChI is InChI=1S/C11H15N3O2/c12-9-8(11(15)16)4-5-13-10(9)14-6-2-1-3-7-14/h4-5H,1-3,6-7,12H2,(H,15,16). The molecule has 0 aliphatic carbocycles. The topological polar surface area (TPSA) is 79.5 Å². The van der Waals surface area contributed by atoms with E-state index in [9.17, 15) is 4.79 Å². The molecule has 86 valence electrons. The van der Waals surface area contributed by atoms with Gasteiger partial charge in [-0.05, 0) is 25.3 Å². The number of pyridine rings is 1. The first kappa shape index (κ1) is 10.7. The van der Waals surface area contributed by atoms with Gasteiger partial charge in [0.25, 0.3) is 0 Å². The Hall–Kier alpha value is -1.78. The van der Waals surface area contributed by atoms with E-state index in [4.69, 9.17) is 10.8 Å². The number of carbonyl (C=O) groups is 1. The van der Waals surface area contributed by atoms with Crippen LogP contribution in [0.25, 0.3) is 0 Å². The lowest BCUT2D eigenvalue weighted by Crippen LogP contribution is -2.31. The van der Waals surface area contributed by atoms with Gasteiger partial charge in [-0.15, -0.1) is 0 Å². The molecule has 16 heavy (non-hydrogen) atoms. The highest BCUT2D eigenvalue weighted by molar-refractivity contribution is 5.96. The van der Waals surface area contributed by atoms with E-state index in [1.54, 1.807) is 0 Å². The van der Waals surface area contributed by atoms with E-state index in [1.165, 1.54) is 18.7 Å². The van der Waals surface area contributed by atoms with Crippen LogP contribution in [0.15, 0.2) is 12.3 Å². The molecule has 1 aliphatic rings. The van der Waals surface area contributed by atoms with Gasteiger partial charge in [0.1, 0.15) is 0 Å². The van der Waals surface area contributed by atoms with Gasteiger partial charge in [0.2, 0.25) is 0 Å². The van der Waals surface area contributed by atoms with E-state index in [0.29, 0.717) is 5.82 Å². The fourth-order valence-electron chi connectivity index (χ4n) is 2.01. The number of piperidine rings is 1. The quantitative estimate of drug-likeness (QED) is 0.788. The average Bonchev–Trinajstić information content (AvgIpc) is 2.30. The molecule has 0 bridgehead atoms. The summed E-state index contributed by atoms with van der Waals surface area (Å²) in [5.41, 5.74) is 6.24. The molecule has 1 aliphatic heterocycles. The molecule has 2 rings (SSSR count). The molecule has 1 aromatic rings. The zero-order chi connectivity index (χ0) is 11.5. The molecule has 0 saturated carbocycles. The fourth-order valence-corrected chi connectivity index (χ4v) is 2.01. The lowest BCUT2D eigenvalue weighted by Gasteiger charge is -2.28. The molecule has 1 saturated heterocycles. The highest BCUT2D eigenvalue weighted by Crippen LogP contribution is 2.26. The maximum absolute atomic E-state index is 10.9. The van der Waals surface area contributed by atoms with Crippen LogP contribution in [0, 0.1) is 0 Å². The number of carboxylic acids is 1. The summed E-state index contributed by atoms with van der Waals surface area (Å²) in [5, 5.41) is 8.96. The maximum atomic E-state index is 10.9. The Kier molecular flexibility index (Phi) is 2.94. The number of anilines is 2. The Balaban J connectivity index is 2.33. The van der Waals surface area contributed by atoms with Crippen molar-refractivity contribution in [2.75, 3.05) is 23.7 Å². The molecule has 0 spiro atoms. The predicted molar refractivity (Wildman–Crippen MR) is 61.7 cm³/mol. The molecule has 0 unspecified atom stereocenters. The van der Waals surface area contributed by atoms with Crippen molar-refractivity contribution in [3.05, 3.63) is 17.8 Å². The number of rotatable bonds is 2. The SMILES string of the molecule is Nc1c(C(=O)O)ccnc1N1CCCCC1. The molecule has 0 atom stereocenters. The summed E-state index contributed by atoms with van der Waals surface area (Å²) in [4.78, 5) is 17.2. The third-order valence-corrected chi connectivity index (χ3v) is 2.86.